The van der Waals surface area contributed by atoms with Gasteiger partial charge in [0, 0.05) is 31.2 Å². The Morgan fingerprint density at radius 2 is 1.97 bits per heavy atom. The molecule has 3 aliphatic rings. The van der Waals surface area contributed by atoms with E-state index in [4.69, 9.17) is 4.74 Å². The molecule has 0 saturated carbocycles. The topological polar surface area (TPSA) is 61.9 Å². The minimum Gasteiger partial charge on any atom is -0.496 e. The number of benzene rings is 2. The Hall–Kier alpha value is -3.02. The van der Waals surface area contributed by atoms with Gasteiger partial charge in [-0.05, 0) is 49.3 Å². The van der Waals surface area contributed by atoms with Gasteiger partial charge in [0.25, 0.3) is 0 Å². The molecule has 0 radical (unpaired) electrons. The lowest BCUT2D eigenvalue weighted by Crippen LogP contribution is -2.61. The summed E-state index contributed by atoms with van der Waals surface area (Å²) >= 11 is 0. The van der Waals surface area contributed by atoms with E-state index < -0.39 is 0 Å². The van der Waals surface area contributed by atoms with Gasteiger partial charge in [-0.3, -0.25) is 4.79 Å². The molecule has 168 valence electrons. The van der Waals surface area contributed by atoms with Gasteiger partial charge in [0.15, 0.2) is 0 Å². The minimum absolute atomic E-state index is 0.0142. The summed E-state index contributed by atoms with van der Waals surface area (Å²) < 4.78 is 5.59. The number of carbonyl (C=O) groups is 2. The molecule has 1 N–H and O–H groups in total. The van der Waals surface area contributed by atoms with E-state index in [0.717, 1.165) is 44.4 Å². The summed E-state index contributed by atoms with van der Waals surface area (Å²) in [5, 5.41) is 3.10. The maximum atomic E-state index is 13.5. The Morgan fingerprint density at radius 1 is 1.12 bits per heavy atom. The summed E-state index contributed by atoms with van der Waals surface area (Å²) in [6.07, 6.45) is 4.16. The highest BCUT2D eigenvalue weighted by atomic mass is 16.5. The van der Waals surface area contributed by atoms with E-state index in [1.807, 2.05) is 35.2 Å². The summed E-state index contributed by atoms with van der Waals surface area (Å²) in [5.41, 5.74) is 3.59. The number of hydrogen-bond donors (Lipinski definition) is 1. The SMILES string of the molecule is COc1cccc2c1CCN1C(=O)[C@H]3CCCN(C(=O)NCCc4ccccc4)[C@H]3C[C@H]21. The van der Waals surface area contributed by atoms with Crippen molar-refractivity contribution in [3.63, 3.8) is 0 Å². The van der Waals surface area contributed by atoms with Crippen LogP contribution in [-0.2, 0) is 17.6 Å². The summed E-state index contributed by atoms with van der Waals surface area (Å²) in [4.78, 5) is 30.6. The fraction of sp³-hybridized carbons (Fsp3) is 0.462. The zero-order chi connectivity index (χ0) is 22.1. The number of ether oxygens (including phenoxy) is 1. The first-order valence-electron chi connectivity index (χ1n) is 11.7. The standard InChI is InChI=1S/C26H31N3O3/c1-32-24-11-5-9-19-20(24)13-16-28-22(19)17-23-21(25(28)30)10-6-15-29(23)26(31)27-14-12-18-7-3-2-4-8-18/h2-5,7-9,11,21-23H,6,10,12-17H2,1H3,(H,27,31)/t21-,22+,23-/m0/s1. The van der Waals surface area contributed by atoms with E-state index in [0.29, 0.717) is 13.1 Å². The molecule has 3 amide bonds. The lowest BCUT2D eigenvalue weighted by atomic mass is 9.76. The predicted molar refractivity (Wildman–Crippen MR) is 123 cm³/mol. The second-order valence-corrected chi connectivity index (χ2v) is 9.04. The third-order valence-electron chi connectivity index (χ3n) is 7.36. The van der Waals surface area contributed by atoms with Crippen LogP contribution in [0.2, 0.25) is 0 Å². The van der Waals surface area contributed by atoms with E-state index in [2.05, 4.69) is 28.4 Å². The number of likely N-dealkylation sites (tertiary alicyclic amines) is 1. The molecule has 2 aromatic rings. The van der Waals surface area contributed by atoms with E-state index in [1.54, 1.807) is 7.11 Å². The van der Waals surface area contributed by atoms with Gasteiger partial charge in [-0.25, -0.2) is 4.79 Å². The van der Waals surface area contributed by atoms with Crippen molar-refractivity contribution < 1.29 is 14.3 Å². The Bertz CT molecular complexity index is 993. The van der Waals surface area contributed by atoms with Crippen molar-refractivity contribution in [1.29, 1.82) is 0 Å². The number of fused-ring (bicyclic) bond motifs is 4. The van der Waals surface area contributed by atoms with E-state index in [-0.39, 0.29) is 29.9 Å². The predicted octanol–water partition coefficient (Wildman–Crippen LogP) is 3.56. The molecule has 2 saturated heterocycles. The maximum Gasteiger partial charge on any atom is 0.317 e. The van der Waals surface area contributed by atoms with Crippen LogP contribution in [0.25, 0.3) is 0 Å². The van der Waals surface area contributed by atoms with Crippen LogP contribution in [0.1, 0.15) is 42.0 Å². The van der Waals surface area contributed by atoms with Gasteiger partial charge >= 0.3 is 6.03 Å². The molecule has 6 heteroatoms. The number of methoxy groups -OCH3 is 1. The number of rotatable bonds is 4. The second kappa shape index (κ2) is 8.85. The van der Waals surface area contributed by atoms with Crippen LogP contribution in [-0.4, -0.2) is 54.5 Å². The molecule has 6 nitrogen and oxygen atoms in total. The molecule has 2 fully saturated rings. The van der Waals surface area contributed by atoms with Crippen molar-refractivity contribution in [2.24, 2.45) is 5.92 Å². The molecule has 0 bridgehead atoms. The Labute approximate surface area is 189 Å². The Kier molecular flexibility index (Phi) is 5.77. The zero-order valence-electron chi connectivity index (χ0n) is 18.6. The first kappa shape index (κ1) is 20.9. The fourth-order valence-electron chi connectivity index (χ4n) is 5.82. The highest BCUT2D eigenvalue weighted by molar-refractivity contribution is 5.83. The van der Waals surface area contributed by atoms with Crippen LogP contribution in [0.3, 0.4) is 0 Å². The van der Waals surface area contributed by atoms with E-state index in [9.17, 15) is 9.59 Å². The third-order valence-corrected chi connectivity index (χ3v) is 7.36. The summed E-state index contributed by atoms with van der Waals surface area (Å²) in [6.45, 7) is 2.03. The second-order valence-electron chi connectivity index (χ2n) is 9.04. The number of carbonyl (C=O) groups excluding carboxylic acids is 2. The number of amides is 3. The average molecular weight is 434 g/mol. The highest BCUT2D eigenvalue weighted by Gasteiger charge is 2.48. The van der Waals surface area contributed by atoms with Crippen LogP contribution in [0.5, 0.6) is 5.75 Å². The first-order chi connectivity index (χ1) is 15.7. The van der Waals surface area contributed by atoms with Gasteiger partial charge in [0.05, 0.1) is 19.1 Å². The van der Waals surface area contributed by atoms with Gasteiger partial charge < -0.3 is 19.9 Å². The number of nitrogens with zero attached hydrogens (tertiary/aromatic N) is 2. The van der Waals surface area contributed by atoms with Crippen molar-refractivity contribution in [3.8, 4) is 5.75 Å². The first-order valence-corrected chi connectivity index (χ1v) is 11.7. The minimum atomic E-state index is -0.0907. The van der Waals surface area contributed by atoms with Crippen molar-refractivity contribution >= 4 is 11.9 Å². The van der Waals surface area contributed by atoms with Crippen LogP contribution >= 0.6 is 0 Å². The largest absolute Gasteiger partial charge is 0.496 e. The number of nitrogens with one attached hydrogen (secondary N) is 1. The molecular weight excluding hydrogens is 402 g/mol. The molecule has 3 heterocycles. The molecule has 32 heavy (non-hydrogen) atoms. The van der Waals surface area contributed by atoms with Crippen molar-refractivity contribution in [2.45, 2.75) is 44.2 Å². The van der Waals surface area contributed by atoms with Gasteiger partial charge in [-0.2, -0.15) is 0 Å². The molecule has 3 atom stereocenters. The van der Waals surface area contributed by atoms with Gasteiger partial charge in [-0.15, -0.1) is 0 Å². The quantitative estimate of drug-likeness (QED) is 0.802. The molecular formula is C26H31N3O3. The number of piperidine rings is 2. The summed E-state index contributed by atoms with van der Waals surface area (Å²) in [5.74, 6) is 1.02. The van der Waals surface area contributed by atoms with E-state index >= 15 is 0 Å². The van der Waals surface area contributed by atoms with Gasteiger partial charge in [-0.1, -0.05) is 42.5 Å². The van der Waals surface area contributed by atoms with Gasteiger partial charge in [0.2, 0.25) is 5.91 Å². The molecule has 0 spiro atoms. The van der Waals surface area contributed by atoms with Crippen molar-refractivity contribution in [2.75, 3.05) is 26.7 Å². The Balaban J connectivity index is 1.33. The monoisotopic (exact) mass is 433 g/mol. The molecule has 0 aliphatic carbocycles. The van der Waals surface area contributed by atoms with E-state index in [1.165, 1.54) is 16.7 Å². The van der Waals surface area contributed by atoms with Gasteiger partial charge in [0.1, 0.15) is 5.75 Å². The van der Waals surface area contributed by atoms with Crippen molar-refractivity contribution in [3.05, 3.63) is 65.2 Å². The number of hydrogen-bond acceptors (Lipinski definition) is 3. The third kappa shape index (κ3) is 3.72. The zero-order valence-corrected chi connectivity index (χ0v) is 18.6. The lowest BCUT2D eigenvalue weighted by molar-refractivity contribution is -0.148. The lowest BCUT2D eigenvalue weighted by Gasteiger charge is -2.51. The molecule has 0 unspecified atom stereocenters. The molecule has 5 rings (SSSR count). The van der Waals surface area contributed by atoms with Crippen LogP contribution in [0.4, 0.5) is 4.79 Å². The molecule has 2 aromatic carbocycles. The smallest absolute Gasteiger partial charge is 0.317 e. The van der Waals surface area contributed by atoms with Crippen molar-refractivity contribution in [1.82, 2.24) is 15.1 Å². The summed E-state index contributed by atoms with van der Waals surface area (Å²) in [6, 6.07) is 16.2. The number of urea groups is 1. The molecule has 0 aromatic heterocycles. The molecule has 3 aliphatic heterocycles. The fourth-order valence-corrected chi connectivity index (χ4v) is 5.82. The normalized spacial score (nSPS) is 24.3. The Morgan fingerprint density at radius 3 is 2.78 bits per heavy atom. The van der Waals surface area contributed by atoms with Crippen LogP contribution in [0.15, 0.2) is 48.5 Å². The van der Waals surface area contributed by atoms with Crippen LogP contribution in [0, 0.1) is 5.92 Å². The average Bonchev–Trinajstić information content (AvgIpc) is 2.84. The maximum absolute atomic E-state index is 13.5. The highest BCUT2D eigenvalue weighted by Crippen LogP contribution is 2.45. The summed E-state index contributed by atoms with van der Waals surface area (Å²) in [7, 11) is 1.70. The van der Waals surface area contributed by atoms with Crippen LogP contribution < -0.4 is 10.1 Å².